The zero-order chi connectivity index (χ0) is 14.4. The number of hydrogen-bond acceptors (Lipinski definition) is 4. The molecule has 6 nitrogen and oxygen atoms in total. The molecule has 2 amide bonds. The van der Waals surface area contributed by atoms with E-state index in [1.807, 2.05) is 30.3 Å². The van der Waals surface area contributed by atoms with Gasteiger partial charge in [-0.15, -0.1) is 0 Å². The fourth-order valence-corrected chi connectivity index (χ4v) is 1.62. The molecule has 6 heteroatoms. The first-order valence-electron chi connectivity index (χ1n) is 6.17. The monoisotopic (exact) mass is 273 g/mol. The van der Waals surface area contributed by atoms with Crippen LogP contribution >= 0.6 is 0 Å². The summed E-state index contributed by atoms with van der Waals surface area (Å²) in [5.41, 5.74) is 0.980. The molecule has 0 radical (unpaired) electrons. The van der Waals surface area contributed by atoms with Crippen molar-refractivity contribution in [2.45, 2.75) is 19.9 Å². The van der Waals surface area contributed by atoms with Crippen molar-refractivity contribution in [1.29, 1.82) is 0 Å². The van der Waals surface area contributed by atoms with E-state index >= 15 is 0 Å². The number of aryl methyl sites for hydroxylation is 1. The van der Waals surface area contributed by atoms with Gasteiger partial charge in [0, 0.05) is 12.6 Å². The summed E-state index contributed by atoms with van der Waals surface area (Å²) in [7, 11) is 0. The largest absolute Gasteiger partial charge is 0.360 e. The number of rotatable bonds is 5. The second-order valence-corrected chi connectivity index (χ2v) is 4.31. The molecule has 0 spiro atoms. The summed E-state index contributed by atoms with van der Waals surface area (Å²) < 4.78 is 4.81. The van der Waals surface area contributed by atoms with Crippen molar-refractivity contribution >= 4 is 17.6 Å². The average Bonchev–Trinajstić information content (AvgIpc) is 2.83. The summed E-state index contributed by atoms with van der Waals surface area (Å²) >= 11 is 0. The van der Waals surface area contributed by atoms with Crippen molar-refractivity contribution in [1.82, 2.24) is 10.5 Å². The van der Waals surface area contributed by atoms with Crippen molar-refractivity contribution < 1.29 is 14.1 Å². The smallest absolute Gasteiger partial charge is 0.235 e. The summed E-state index contributed by atoms with van der Waals surface area (Å²) in [4.78, 5) is 23.2. The highest BCUT2D eigenvalue weighted by Crippen LogP contribution is 2.07. The van der Waals surface area contributed by atoms with Gasteiger partial charge in [0.2, 0.25) is 11.8 Å². The molecule has 1 aromatic carbocycles. The number of anilines is 1. The van der Waals surface area contributed by atoms with E-state index < -0.39 is 5.91 Å². The molecule has 1 aromatic heterocycles. The highest BCUT2D eigenvalue weighted by atomic mass is 16.5. The second kappa shape index (κ2) is 6.51. The fourth-order valence-electron chi connectivity index (χ4n) is 1.62. The third-order valence-electron chi connectivity index (χ3n) is 2.55. The predicted octanol–water partition coefficient (Wildman–Crippen LogP) is 1.63. The van der Waals surface area contributed by atoms with Gasteiger partial charge in [-0.3, -0.25) is 9.59 Å². The lowest BCUT2D eigenvalue weighted by atomic mass is 10.2. The Balaban J connectivity index is 1.75. The molecule has 2 rings (SSSR count). The molecular weight excluding hydrogens is 258 g/mol. The van der Waals surface area contributed by atoms with Crippen molar-refractivity contribution in [2.75, 3.05) is 5.32 Å². The van der Waals surface area contributed by atoms with Crippen LogP contribution in [0.5, 0.6) is 0 Å². The highest BCUT2D eigenvalue weighted by molar-refractivity contribution is 6.03. The van der Waals surface area contributed by atoms with Crippen LogP contribution in [0.3, 0.4) is 0 Å². The van der Waals surface area contributed by atoms with Crippen LogP contribution in [0, 0.1) is 6.92 Å². The molecule has 0 aliphatic rings. The minimum absolute atomic E-state index is 0.251. The Bertz CT molecular complexity index is 593. The molecule has 0 bridgehead atoms. The standard InChI is InChI=1S/C14H15N3O3/c1-10-7-12(17-20-10)16-14(19)8-13(18)15-9-11-5-3-2-4-6-11/h2-7H,8-9H2,1H3,(H,15,18)(H,16,17,19). The van der Waals surface area contributed by atoms with E-state index in [1.165, 1.54) is 0 Å². The molecular formula is C14H15N3O3. The van der Waals surface area contributed by atoms with Gasteiger partial charge >= 0.3 is 0 Å². The highest BCUT2D eigenvalue weighted by Gasteiger charge is 2.11. The molecule has 0 aliphatic heterocycles. The maximum atomic E-state index is 11.6. The molecule has 0 saturated heterocycles. The molecule has 2 aromatic rings. The predicted molar refractivity (Wildman–Crippen MR) is 72.8 cm³/mol. The van der Waals surface area contributed by atoms with Crippen LogP contribution in [0.15, 0.2) is 40.9 Å². The van der Waals surface area contributed by atoms with Crippen LogP contribution in [-0.4, -0.2) is 17.0 Å². The summed E-state index contributed by atoms with van der Waals surface area (Å²) in [6.45, 7) is 2.12. The third-order valence-corrected chi connectivity index (χ3v) is 2.55. The van der Waals surface area contributed by atoms with Gasteiger partial charge in [0.1, 0.15) is 12.2 Å². The van der Waals surface area contributed by atoms with Gasteiger partial charge in [-0.05, 0) is 12.5 Å². The number of carbonyl (C=O) groups is 2. The lowest BCUT2D eigenvalue weighted by molar-refractivity contribution is -0.126. The Morgan fingerprint density at radius 1 is 1.20 bits per heavy atom. The van der Waals surface area contributed by atoms with Gasteiger partial charge in [-0.25, -0.2) is 0 Å². The average molecular weight is 273 g/mol. The minimum atomic E-state index is -0.427. The number of hydrogen-bond donors (Lipinski definition) is 2. The normalized spacial score (nSPS) is 10.1. The number of carbonyl (C=O) groups excluding carboxylic acids is 2. The summed E-state index contributed by atoms with van der Waals surface area (Å²) in [5, 5.41) is 8.78. The summed E-state index contributed by atoms with van der Waals surface area (Å²) in [6, 6.07) is 11.1. The molecule has 0 unspecified atom stereocenters. The van der Waals surface area contributed by atoms with Gasteiger partial charge < -0.3 is 15.2 Å². The van der Waals surface area contributed by atoms with E-state index in [0.29, 0.717) is 18.1 Å². The van der Waals surface area contributed by atoms with E-state index in [9.17, 15) is 9.59 Å². The van der Waals surface area contributed by atoms with E-state index in [0.717, 1.165) is 5.56 Å². The van der Waals surface area contributed by atoms with Crippen molar-refractivity contribution in [3.63, 3.8) is 0 Å². The molecule has 2 N–H and O–H groups in total. The van der Waals surface area contributed by atoms with Crippen LogP contribution in [-0.2, 0) is 16.1 Å². The summed E-state index contributed by atoms with van der Waals surface area (Å²) in [5.74, 6) is 0.132. The number of nitrogens with zero attached hydrogens (tertiary/aromatic N) is 1. The first-order valence-corrected chi connectivity index (χ1v) is 6.17. The van der Waals surface area contributed by atoms with Crippen molar-refractivity contribution in [2.24, 2.45) is 0 Å². The van der Waals surface area contributed by atoms with Gasteiger partial charge in [-0.2, -0.15) is 0 Å². The Hall–Kier alpha value is -2.63. The number of aromatic nitrogens is 1. The van der Waals surface area contributed by atoms with Crippen LogP contribution in [0.4, 0.5) is 5.82 Å². The molecule has 0 atom stereocenters. The van der Waals surface area contributed by atoms with Gasteiger partial charge in [0.25, 0.3) is 0 Å². The van der Waals surface area contributed by atoms with Crippen LogP contribution < -0.4 is 10.6 Å². The van der Waals surface area contributed by atoms with E-state index in [2.05, 4.69) is 15.8 Å². The van der Waals surface area contributed by atoms with Crippen LogP contribution in [0.25, 0.3) is 0 Å². The third kappa shape index (κ3) is 4.24. The van der Waals surface area contributed by atoms with Crippen molar-refractivity contribution in [3.05, 3.63) is 47.7 Å². The number of amides is 2. The number of nitrogens with one attached hydrogen (secondary N) is 2. The lowest BCUT2D eigenvalue weighted by Gasteiger charge is -2.05. The molecule has 1 heterocycles. The fraction of sp³-hybridized carbons (Fsp3) is 0.214. The SMILES string of the molecule is Cc1cc(NC(=O)CC(=O)NCc2ccccc2)no1. The van der Waals surface area contributed by atoms with Crippen LogP contribution in [0.2, 0.25) is 0 Å². The maximum absolute atomic E-state index is 11.6. The maximum Gasteiger partial charge on any atom is 0.235 e. The van der Waals surface area contributed by atoms with Gasteiger partial charge in [0.05, 0.1) is 0 Å². The Labute approximate surface area is 116 Å². The molecule has 0 saturated carbocycles. The quantitative estimate of drug-likeness (QED) is 0.811. The van der Waals surface area contributed by atoms with E-state index in [1.54, 1.807) is 13.0 Å². The van der Waals surface area contributed by atoms with E-state index in [-0.39, 0.29) is 12.3 Å². The Kier molecular flexibility index (Phi) is 4.49. The Morgan fingerprint density at radius 2 is 1.95 bits per heavy atom. The van der Waals surface area contributed by atoms with Crippen molar-refractivity contribution in [3.8, 4) is 0 Å². The molecule has 0 aliphatic carbocycles. The second-order valence-electron chi connectivity index (χ2n) is 4.31. The minimum Gasteiger partial charge on any atom is -0.360 e. The zero-order valence-electron chi connectivity index (χ0n) is 11.1. The first kappa shape index (κ1) is 13.8. The molecule has 0 fully saturated rings. The topological polar surface area (TPSA) is 84.2 Å². The van der Waals surface area contributed by atoms with E-state index in [4.69, 9.17) is 4.52 Å². The Morgan fingerprint density at radius 3 is 2.60 bits per heavy atom. The molecule has 20 heavy (non-hydrogen) atoms. The number of benzene rings is 1. The first-order chi connectivity index (χ1) is 9.63. The summed E-state index contributed by atoms with van der Waals surface area (Å²) in [6.07, 6.45) is -0.251. The lowest BCUT2D eigenvalue weighted by Crippen LogP contribution is -2.27. The van der Waals surface area contributed by atoms with Gasteiger partial charge in [-0.1, -0.05) is 35.5 Å². The van der Waals surface area contributed by atoms with Crippen LogP contribution in [0.1, 0.15) is 17.7 Å². The molecule has 104 valence electrons. The zero-order valence-corrected chi connectivity index (χ0v) is 11.1. The van der Waals surface area contributed by atoms with Gasteiger partial charge in [0.15, 0.2) is 5.82 Å².